The van der Waals surface area contributed by atoms with Crippen LogP contribution in [0.2, 0.25) is 0 Å². The van der Waals surface area contributed by atoms with E-state index in [9.17, 15) is 9.59 Å². The molecule has 0 saturated heterocycles. The van der Waals surface area contributed by atoms with Gasteiger partial charge in [-0.1, -0.05) is 0 Å². The Morgan fingerprint density at radius 1 is 1.28 bits per heavy atom. The van der Waals surface area contributed by atoms with Crippen LogP contribution in [0.15, 0.2) is 0 Å². The molecule has 1 amide bonds. The molecule has 3 saturated carbocycles. The van der Waals surface area contributed by atoms with E-state index in [2.05, 4.69) is 5.32 Å². The third kappa shape index (κ3) is 2.18. The number of hydrogen-bond acceptors (Lipinski definition) is 4. The molecule has 0 spiro atoms. The van der Waals surface area contributed by atoms with Crippen LogP contribution in [0.1, 0.15) is 40.0 Å². The normalized spacial score (nSPS) is 33.6. The zero-order chi connectivity index (χ0) is 13.6. The monoisotopic (exact) mass is 255 g/mol. The summed E-state index contributed by atoms with van der Waals surface area (Å²) in [5, 5.41) is 2.82. The average molecular weight is 255 g/mol. The number of amides is 1. The molecule has 1 atom stereocenters. The highest BCUT2D eigenvalue weighted by molar-refractivity contribution is 5.81. The number of ether oxygens (including phenoxy) is 2. The van der Waals surface area contributed by atoms with E-state index in [-0.39, 0.29) is 12.0 Å². The fraction of sp³-hybridized carbons (Fsp3) is 0.846. The van der Waals surface area contributed by atoms with Crippen LogP contribution < -0.4 is 5.32 Å². The van der Waals surface area contributed by atoms with Gasteiger partial charge in [0, 0.05) is 6.04 Å². The summed E-state index contributed by atoms with van der Waals surface area (Å²) in [5.74, 6) is 0.321. The van der Waals surface area contributed by atoms with Crippen molar-refractivity contribution in [2.24, 2.45) is 11.3 Å². The molecule has 0 aromatic heterocycles. The molecule has 1 unspecified atom stereocenters. The van der Waals surface area contributed by atoms with Crippen LogP contribution in [0.3, 0.4) is 0 Å². The van der Waals surface area contributed by atoms with Crippen LogP contribution in [0, 0.1) is 11.3 Å². The Bertz CT molecular complexity index is 366. The van der Waals surface area contributed by atoms with Crippen LogP contribution in [0.4, 0.5) is 4.79 Å². The zero-order valence-corrected chi connectivity index (χ0v) is 11.4. The predicted octanol–water partition coefficient (Wildman–Crippen LogP) is 1.85. The highest BCUT2D eigenvalue weighted by atomic mass is 16.6. The van der Waals surface area contributed by atoms with E-state index < -0.39 is 17.1 Å². The van der Waals surface area contributed by atoms with Gasteiger partial charge in [-0.2, -0.15) is 0 Å². The smallest absolute Gasteiger partial charge is 0.407 e. The average Bonchev–Trinajstić information content (AvgIpc) is 2.66. The molecule has 5 heteroatoms. The molecule has 1 N–H and O–H groups in total. The molecule has 18 heavy (non-hydrogen) atoms. The van der Waals surface area contributed by atoms with Crippen LogP contribution in [-0.4, -0.2) is 30.8 Å². The minimum absolute atomic E-state index is 0.148. The van der Waals surface area contributed by atoms with Crippen molar-refractivity contribution in [1.82, 2.24) is 5.32 Å². The number of fused-ring (bicyclic) bond motifs is 1. The van der Waals surface area contributed by atoms with Crippen molar-refractivity contribution in [3.63, 3.8) is 0 Å². The van der Waals surface area contributed by atoms with E-state index in [4.69, 9.17) is 9.47 Å². The van der Waals surface area contributed by atoms with Gasteiger partial charge in [-0.05, 0) is 46.0 Å². The van der Waals surface area contributed by atoms with E-state index in [0.717, 1.165) is 19.3 Å². The fourth-order valence-corrected chi connectivity index (χ4v) is 3.14. The lowest BCUT2D eigenvalue weighted by molar-refractivity contribution is -0.158. The van der Waals surface area contributed by atoms with Crippen molar-refractivity contribution in [2.75, 3.05) is 7.11 Å². The third-order valence-corrected chi connectivity index (χ3v) is 3.82. The first-order chi connectivity index (χ1) is 8.27. The van der Waals surface area contributed by atoms with Crippen molar-refractivity contribution in [3.05, 3.63) is 0 Å². The Hall–Kier alpha value is -1.26. The summed E-state index contributed by atoms with van der Waals surface area (Å²) in [6, 6.07) is -0.148. The number of carbonyl (C=O) groups is 2. The van der Waals surface area contributed by atoms with Gasteiger partial charge in [0.05, 0.1) is 12.5 Å². The Morgan fingerprint density at radius 3 is 2.39 bits per heavy atom. The van der Waals surface area contributed by atoms with E-state index in [1.54, 1.807) is 0 Å². The quantitative estimate of drug-likeness (QED) is 0.765. The van der Waals surface area contributed by atoms with Gasteiger partial charge in [-0.3, -0.25) is 4.79 Å². The summed E-state index contributed by atoms with van der Waals surface area (Å²) in [5.41, 5.74) is -1.03. The molecule has 0 aliphatic heterocycles. The van der Waals surface area contributed by atoms with E-state index in [0.29, 0.717) is 5.92 Å². The minimum atomic E-state index is -0.524. The Labute approximate surface area is 107 Å². The molecule has 102 valence electrons. The first-order valence-electron chi connectivity index (χ1n) is 6.35. The summed E-state index contributed by atoms with van der Waals surface area (Å²) in [7, 11) is 1.40. The van der Waals surface area contributed by atoms with Gasteiger partial charge in [0.15, 0.2) is 0 Å². The van der Waals surface area contributed by atoms with Gasteiger partial charge < -0.3 is 14.8 Å². The number of methoxy groups -OCH3 is 1. The molecule has 3 aliphatic carbocycles. The van der Waals surface area contributed by atoms with E-state index in [1.165, 1.54) is 7.11 Å². The number of hydrogen-bond donors (Lipinski definition) is 1. The Kier molecular flexibility index (Phi) is 3.03. The molecule has 5 nitrogen and oxygen atoms in total. The topological polar surface area (TPSA) is 64.6 Å². The lowest BCUT2D eigenvalue weighted by atomic mass is 9.68. The lowest BCUT2D eigenvalue weighted by Gasteiger charge is -2.38. The van der Waals surface area contributed by atoms with Crippen molar-refractivity contribution in [3.8, 4) is 0 Å². The number of alkyl carbamates (subject to hydrolysis) is 1. The summed E-state index contributed by atoms with van der Waals surface area (Å²) in [4.78, 5) is 23.6. The van der Waals surface area contributed by atoms with Crippen LogP contribution in [0.5, 0.6) is 0 Å². The standard InChI is InChI=1S/C13H21NO4/c1-12(2,3)18-11(16)14-9-5-8-6-13(9,7-8)10(15)17-4/h8-9H,5-7H2,1-4H3,(H,14,16). The molecular formula is C13H21NO4. The highest BCUT2D eigenvalue weighted by Crippen LogP contribution is 2.59. The number of nitrogens with one attached hydrogen (secondary N) is 1. The maximum Gasteiger partial charge on any atom is 0.407 e. The van der Waals surface area contributed by atoms with Gasteiger partial charge in [0.2, 0.25) is 0 Å². The van der Waals surface area contributed by atoms with E-state index in [1.807, 2.05) is 20.8 Å². The van der Waals surface area contributed by atoms with Gasteiger partial charge in [0.25, 0.3) is 0 Å². The van der Waals surface area contributed by atoms with Gasteiger partial charge >= 0.3 is 12.1 Å². The van der Waals surface area contributed by atoms with Crippen molar-refractivity contribution in [2.45, 2.75) is 51.7 Å². The molecule has 0 heterocycles. The molecule has 3 fully saturated rings. The van der Waals surface area contributed by atoms with Gasteiger partial charge in [-0.15, -0.1) is 0 Å². The lowest BCUT2D eigenvalue weighted by Crippen LogP contribution is -2.51. The maximum atomic E-state index is 11.8. The molecule has 3 aliphatic rings. The van der Waals surface area contributed by atoms with Crippen LogP contribution in [0.25, 0.3) is 0 Å². The SMILES string of the molecule is COC(=O)C12CC(CC1NC(=O)OC(C)(C)C)C2. The second kappa shape index (κ2) is 4.14. The summed E-state index contributed by atoms with van der Waals surface area (Å²) < 4.78 is 10.1. The summed E-state index contributed by atoms with van der Waals surface area (Å²) in [6.07, 6.45) is 2.03. The number of rotatable bonds is 2. The van der Waals surface area contributed by atoms with Crippen molar-refractivity contribution < 1.29 is 19.1 Å². The maximum absolute atomic E-state index is 11.8. The fourth-order valence-electron chi connectivity index (χ4n) is 3.14. The molecule has 0 radical (unpaired) electrons. The second-order valence-corrected chi connectivity index (χ2v) is 6.36. The second-order valence-electron chi connectivity index (χ2n) is 6.36. The van der Waals surface area contributed by atoms with E-state index >= 15 is 0 Å². The predicted molar refractivity (Wildman–Crippen MR) is 64.9 cm³/mol. The molecule has 2 bridgehead atoms. The summed E-state index contributed by atoms with van der Waals surface area (Å²) in [6.45, 7) is 5.45. The summed E-state index contributed by atoms with van der Waals surface area (Å²) >= 11 is 0. The molecule has 0 aromatic carbocycles. The molecule has 0 aromatic rings. The van der Waals surface area contributed by atoms with Crippen molar-refractivity contribution >= 4 is 12.1 Å². The van der Waals surface area contributed by atoms with Gasteiger partial charge in [0.1, 0.15) is 5.60 Å². The number of esters is 1. The Balaban J connectivity index is 1.98. The minimum Gasteiger partial charge on any atom is -0.469 e. The molecule has 3 rings (SSSR count). The third-order valence-electron chi connectivity index (χ3n) is 3.82. The van der Waals surface area contributed by atoms with Crippen LogP contribution >= 0.6 is 0 Å². The van der Waals surface area contributed by atoms with Gasteiger partial charge in [-0.25, -0.2) is 4.79 Å². The zero-order valence-electron chi connectivity index (χ0n) is 11.4. The number of carbonyl (C=O) groups excluding carboxylic acids is 2. The van der Waals surface area contributed by atoms with Crippen LogP contribution in [-0.2, 0) is 14.3 Å². The Morgan fingerprint density at radius 2 is 1.89 bits per heavy atom. The van der Waals surface area contributed by atoms with Crippen molar-refractivity contribution in [1.29, 1.82) is 0 Å². The largest absolute Gasteiger partial charge is 0.469 e. The first-order valence-corrected chi connectivity index (χ1v) is 6.35. The highest BCUT2D eigenvalue weighted by Gasteiger charge is 2.63. The molecular weight excluding hydrogens is 234 g/mol. The first kappa shape index (κ1) is 13.2.